The Morgan fingerprint density at radius 1 is 0.577 bits per heavy atom. The average Bonchev–Trinajstić information content (AvgIpc) is 2.64. The molecule has 1 rings (SSSR count). The number of aromatic nitrogens is 1. The van der Waals surface area contributed by atoms with E-state index in [9.17, 15) is 0 Å². The second kappa shape index (κ2) is 14.5. The van der Waals surface area contributed by atoms with Crippen LogP contribution in [0, 0.1) is 20.8 Å². The number of nitrogens with zero attached hydrogens (tertiary/aromatic N) is 1. The van der Waals surface area contributed by atoms with Crippen LogP contribution < -0.4 is 0 Å². The highest BCUT2D eigenvalue weighted by Crippen LogP contribution is 2.23. The predicted octanol–water partition coefficient (Wildman–Crippen LogP) is 8.68. The Morgan fingerprint density at radius 3 is 1.46 bits per heavy atom. The molecule has 1 aromatic rings. The lowest BCUT2D eigenvalue weighted by atomic mass is 10.0. The molecule has 0 N–H and O–H groups in total. The van der Waals surface area contributed by atoms with E-state index in [-0.39, 0.29) is 0 Å². The lowest BCUT2D eigenvalue weighted by Crippen LogP contribution is -2.01. The van der Waals surface area contributed by atoms with Crippen molar-refractivity contribution in [3.05, 3.63) is 27.5 Å². The standard InChI is InChI=1S/C24H42ClN/c1-5-6-7-8-9-10-11-12-13-14-15-16-17-18-19-23-21(3)20(2)22(4)24(25)26-23/h5-19H2,1-4H3. The van der Waals surface area contributed by atoms with Gasteiger partial charge >= 0.3 is 0 Å². The molecule has 2 heteroatoms. The van der Waals surface area contributed by atoms with Crippen molar-refractivity contribution in [3.63, 3.8) is 0 Å². The summed E-state index contributed by atoms with van der Waals surface area (Å²) < 4.78 is 0. The molecule has 0 bridgehead atoms. The lowest BCUT2D eigenvalue weighted by molar-refractivity contribution is 0.535. The SMILES string of the molecule is CCCCCCCCCCCCCCCCc1nc(Cl)c(C)c(C)c1C. The van der Waals surface area contributed by atoms with E-state index in [1.54, 1.807) is 0 Å². The van der Waals surface area contributed by atoms with Crippen LogP contribution in [0.1, 0.15) is 119 Å². The molecule has 1 nitrogen and oxygen atoms in total. The van der Waals surface area contributed by atoms with Gasteiger partial charge in [0.2, 0.25) is 0 Å². The average molecular weight is 380 g/mol. The molecular weight excluding hydrogens is 338 g/mol. The quantitative estimate of drug-likeness (QED) is 0.219. The number of aryl methyl sites for hydroxylation is 1. The molecule has 0 saturated carbocycles. The fraction of sp³-hybridized carbons (Fsp3) is 0.792. The molecule has 0 amide bonds. The van der Waals surface area contributed by atoms with E-state index in [0.717, 1.165) is 12.0 Å². The van der Waals surface area contributed by atoms with Crippen molar-refractivity contribution in [2.45, 2.75) is 124 Å². The van der Waals surface area contributed by atoms with Crippen molar-refractivity contribution >= 4 is 11.6 Å². The molecule has 0 aliphatic rings. The van der Waals surface area contributed by atoms with Crippen LogP contribution >= 0.6 is 11.6 Å². The third-order valence-electron chi connectivity index (χ3n) is 5.87. The van der Waals surface area contributed by atoms with Gasteiger partial charge in [-0.05, 0) is 50.3 Å². The number of rotatable bonds is 15. The Kier molecular flexibility index (Phi) is 13.1. The Balaban J connectivity index is 1.97. The van der Waals surface area contributed by atoms with Crippen molar-refractivity contribution in [1.29, 1.82) is 0 Å². The summed E-state index contributed by atoms with van der Waals surface area (Å²) in [6.45, 7) is 8.70. The highest BCUT2D eigenvalue weighted by molar-refractivity contribution is 6.30. The summed E-state index contributed by atoms with van der Waals surface area (Å²) in [7, 11) is 0. The van der Waals surface area contributed by atoms with Gasteiger partial charge < -0.3 is 0 Å². The highest BCUT2D eigenvalue weighted by atomic mass is 35.5. The first-order valence-corrected chi connectivity index (χ1v) is 11.6. The molecule has 0 radical (unpaired) electrons. The first-order chi connectivity index (χ1) is 12.6. The Morgan fingerprint density at radius 2 is 1.00 bits per heavy atom. The molecule has 0 aliphatic heterocycles. The lowest BCUT2D eigenvalue weighted by Gasteiger charge is -2.12. The summed E-state index contributed by atoms with van der Waals surface area (Å²) in [5.74, 6) is 0. The van der Waals surface area contributed by atoms with Crippen molar-refractivity contribution in [2.24, 2.45) is 0 Å². The molecule has 26 heavy (non-hydrogen) atoms. The van der Waals surface area contributed by atoms with Gasteiger partial charge in [-0.25, -0.2) is 4.98 Å². The highest BCUT2D eigenvalue weighted by Gasteiger charge is 2.09. The second-order valence-electron chi connectivity index (χ2n) is 8.07. The van der Waals surface area contributed by atoms with Crippen LogP contribution in [0.2, 0.25) is 5.15 Å². The van der Waals surface area contributed by atoms with E-state index >= 15 is 0 Å². The van der Waals surface area contributed by atoms with Gasteiger partial charge in [-0.15, -0.1) is 0 Å². The topological polar surface area (TPSA) is 12.9 Å². The Hall–Kier alpha value is -0.560. The number of halogens is 1. The van der Waals surface area contributed by atoms with E-state index in [0.29, 0.717) is 5.15 Å². The van der Waals surface area contributed by atoms with E-state index < -0.39 is 0 Å². The normalized spacial score (nSPS) is 11.3. The summed E-state index contributed by atoms with van der Waals surface area (Å²) in [6.07, 6.45) is 20.7. The summed E-state index contributed by atoms with van der Waals surface area (Å²) in [5, 5.41) is 0.688. The molecule has 150 valence electrons. The van der Waals surface area contributed by atoms with Crippen LogP contribution in [0.15, 0.2) is 0 Å². The van der Waals surface area contributed by atoms with Gasteiger partial charge in [0.15, 0.2) is 0 Å². The summed E-state index contributed by atoms with van der Waals surface area (Å²) >= 11 is 6.24. The molecular formula is C24H42ClN. The van der Waals surface area contributed by atoms with Crippen LogP contribution in [-0.2, 0) is 6.42 Å². The molecule has 0 fully saturated rings. The van der Waals surface area contributed by atoms with Crippen LogP contribution in [0.3, 0.4) is 0 Å². The van der Waals surface area contributed by atoms with Gasteiger partial charge in [0, 0.05) is 5.69 Å². The van der Waals surface area contributed by atoms with Crippen LogP contribution in [-0.4, -0.2) is 4.98 Å². The van der Waals surface area contributed by atoms with Crippen molar-refractivity contribution in [3.8, 4) is 0 Å². The molecule has 0 spiro atoms. The van der Waals surface area contributed by atoms with Gasteiger partial charge in [0.25, 0.3) is 0 Å². The summed E-state index contributed by atoms with van der Waals surface area (Å²) in [4.78, 5) is 4.60. The number of hydrogen-bond acceptors (Lipinski definition) is 1. The Labute approximate surface area is 168 Å². The molecule has 1 aromatic heterocycles. The van der Waals surface area contributed by atoms with Crippen LogP contribution in [0.5, 0.6) is 0 Å². The van der Waals surface area contributed by atoms with Gasteiger partial charge in [-0.1, -0.05) is 102 Å². The van der Waals surface area contributed by atoms with Gasteiger partial charge in [0.1, 0.15) is 5.15 Å². The Bertz CT molecular complexity index is 495. The van der Waals surface area contributed by atoms with Gasteiger partial charge in [0.05, 0.1) is 0 Å². The van der Waals surface area contributed by atoms with Crippen LogP contribution in [0.25, 0.3) is 0 Å². The van der Waals surface area contributed by atoms with E-state index in [1.807, 2.05) is 0 Å². The smallest absolute Gasteiger partial charge is 0.132 e. The van der Waals surface area contributed by atoms with Crippen LogP contribution in [0.4, 0.5) is 0 Å². The maximum atomic E-state index is 6.24. The van der Waals surface area contributed by atoms with Crippen molar-refractivity contribution < 1.29 is 0 Å². The van der Waals surface area contributed by atoms with E-state index in [2.05, 4.69) is 32.7 Å². The first kappa shape index (κ1) is 23.5. The molecule has 0 atom stereocenters. The fourth-order valence-electron chi connectivity index (χ4n) is 3.67. The zero-order chi connectivity index (χ0) is 19.2. The molecule has 0 unspecified atom stereocenters. The monoisotopic (exact) mass is 379 g/mol. The third kappa shape index (κ3) is 9.40. The van der Waals surface area contributed by atoms with Crippen molar-refractivity contribution in [2.75, 3.05) is 0 Å². The van der Waals surface area contributed by atoms with Gasteiger partial charge in [-0.3, -0.25) is 0 Å². The fourth-order valence-corrected chi connectivity index (χ4v) is 3.91. The second-order valence-corrected chi connectivity index (χ2v) is 8.43. The minimum absolute atomic E-state index is 0.688. The molecule has 1 heterocycles. The number of hydrogen-bond donors (Lipinski definition) is 0. The van der Waals surface area contributed by atoms with Gasteiger partial charge in [-0.2, -0.15) is 0 Å². The predicted molar refractivity (Wildman–Crippen MR) is 117 cm³/mol. The molecule has 0 aromatic carbocycles. The molecule has 0 saturated heterocycles. The maximum Gasteiger partial charge on any atom is 0.132 e. The van der Waals surface area contributed by atoms with Crippen molar-refractivity contribution in [1.82, 2.24) is 4.98 Å². The minimum atomic E-state index is 0.688. The third-order valence-corrected chi connectivity index (χ3v) is 6.24. The first-order valence-electron chi connectivity index (χ1n) is 11.2. The molecule has 0 aliphatic carbocycles. The summed E-state index contributed by atoms with van der Waals surface area (Å²) in [5.41, 5.74) is 4.98. The number of pyridine rings is 1. The number of unbranched alkanes of at least 4 members (excludes halogenated alkanes) is 13. The summed E-state index contributed by atoms with van der Waals surface area (Å²) in [6, 6.07) is 0. The van der Waals surface area contributed by atoms with E-state index in [4.69, 9.17) is 11.6 Å². The largest absolute Gasteiger partial charge is 0.241 e. The maximum absolute atomic E-state index is 6.24. The van der Waals surface area contributed by atoms with E-state index in [1.165, 1.54) is 107 Å². The zero-order valence-electron chi connectivity index (χ0n) is 17.9. The minimum Gasteiger partial charge on any atom is -0.241 e. The zero-order valence-corrected chi connectivity index (χ0v) is 18.7.